The highest BCUT2D eigenvalue weighted by Gasteiger charge is 2.06. The summed E-state index contributed by atoms with van der Waals surface area (Å²) in [6, 6.07) is 15.5. The lowest BCUT2D eigenvalue weighted by Crippen LogP contribution is -1.93. The van der Waals surface area contributed by atoms with E-state index in [0.29, 0.717) is 5.92 Å². The van der Waals surface area contributed by atoms with Crippen LogP contribution in [0.1, 0.15) is 25.3 Å². The lowest BCUT2D eigenvalue weighted by Gasteiger charge is -2.11. The summed E-state index contributed by atoms with van der Waals surface area (Å²) in [7, 11) is 3.30. The van der Waals surface area contributed by atoms with Crippen molar-refractivity contribution in [1.82, 2.24) is 0 Å². The van der Waals surface area contributed by atoms with E-state index in [4.69, 9.17) is 15.2 Å². The van der Waals surface area contributed by atoms with Crippen molar-refractivity contribution >= 4 is 5.69 Å². The summed E-state index contributed by atoms with van der Waals surface area (Å²) in [6.45, 7) is 4.31. The summed E-state index contributed by atoms with van der Waals surface area (Å²) in [5.74, 6) is 2.10. The van der Waals surface area contributed by atoms with Gasteiger partial charge >= 0.3 is 0 Å². The third-order valence-electron chi connectivity index (χ3n) is 2.87. The molecule has 0 fully saturated rings. The number of hydrogen-bond donors (Lipinski definition) is 1. The number of nitrogens with two attached hydrogens (primary N) is 1. The van der Waals surface area contributed by atoms with Gasteiger partial charge in [0.15, 0.2) is 11.5 Å². The van der Waals surface area contributed by atoms with Gasteiger partial charge in [0.2, 0.25) is 0 Å². The average molecular weight is 273 g/mol. The van der Waals surface area contributed by atoms with Gasteiger partial charge in [-0.05, 0) is 35.7 Å². The van der Waals surface area contributed by atoms with Crippen molar-refractivity contribution in [2.45, 2.75) is 19.8 Å². The van der Waals surface area contributed by atoms with Gasteiger partial charge in [0.1, 0.15) is 0 Å². The molecule has 3 nitrogen and oxygen atoms in total. The molecule has 0 aliphatic rings. The summed E-state index contributed by atoms with van der Waals surface area (Å²) in [4.78, 5) is 0. The van der Waals surface area contributed by atoms with Crippen LogP contribution in [-0.4, -0.2) is 14.2 Å². The summed E-state index contributed by atoms with van der Waals surface area (Å²) in [5, 5.41) is 0. The van der Waals surface area contributed by atoms with E-state index in [1.54, 1.807) is 14.2 Å². The first-order valence-electron chi connectivity index (χ1n) is 6.61. The molecule has 0 unspecified atom stereocenters. The predicted molar refractivity (Wildman–Crippen MR) is 84.5 cm³/mol. The van der Waals surface area contributed by atoms with Crippen molar-refractivity contribution in [3.63, 3.8) is 0 Å². The largest absolute Gasteiger partial charge is 0.493 e. The molecule has 2 aromatic carbocycles. The highest BCUT2D eigenvalue weighted by molar-refractivity contribution is 5.43. The smallest absolute Gasteiger partial charge is 0.160 e. The highest BCUT2D eigenvalue weighted by Crippen LogP contribution is 2.30. The molecule has 0 heterocycles. The van der Waals surface area contributed by atoms with Crippen molar-refractivity contribution in [3.05, 3.63) is 54.1 Å². The molecule has 0 bridgehead atoms. The fourth-order valence-corrected chi connectivity index (χ4v) is 1.66. The second-order valence-corrected chi connectivity index (χ2v) is 4.68. The number of ether oxygens (including phenoxy) is 2. The molecule has 2 N–H and O–H groups in total. The molecule has 0 aliphatic heterocycles. The lowest BCUT2D eigenvalue weighted by molar-refractivity contribution is 0.354. The Morgan fingerprint density at radius 1 is 0.850 bits per heavy atom. The zero-order chi connectivity index (χ0) is 15.0. The molecular formula is C17H23NO2. The Morgan fingerprint density at radius 3 is 1.85 bits per heavy atom. The van der Waals surface area contributed by atoms with E-state index in [1.165, 1.54) is 5.56 Å². The summed E-state index contributed by atoms with van der Waals surface area (Å²) < 4.78 is 10.3. The Hall–Kier alpha value is -2.16. The van der Waals surface area contributed by atoms with Crippen molar-refractivity contribution in [2.24, 2.45) is 0 Å². The van der Waals surface area contributed by atoms with Crippen LogP contribution >= 0.6 is 0 Å². The minimum atomic E-state index is 0.514. The number of para-hydroxylation sites is 1. The topological polar surface area (TPSA) is 44.5 Å². The van der Waals surface area contributed by atoms with Crippen LogP contribution < -0.4 is 15.2 Å². The van der Waals surface area contributed by atoms with Crippen molar-refractivity contribution in [3.8, 4) is 11.5 Å². The predicted octanol–water partition coefficient (Wildman–Crippen LogP) is 4.10. The zero-order valence-electron chi connectivity index (χ0n) is 12.6. The number of methoxy groups -OCH3 is 2. The number of nitrogen functional groups attached to an aromatic ring is 1. The molecular weight excluding hydrogens is 250 g/mol. The van der Waals surface area contributed by atoms with Gasteiger partial charge in [-0.2, -0.15) is 0 Å². The minimum Gasteiger partial charge on any atom is -0.493 e. The van der Waals surface area contributed by atoms with Crippen LogP contribution in [0.25, 0.3) is 0 Å². The molecule has 0 aromatic heterocycles. The normalized spacial score (nSPS) is 9.65. The van der Waals surface area contributed by atoms with Gasteiger partial charge < -0.3 is 15.2 Å². The van der Waals surface area contributed by atoms with Gasteiger partial charge in [0.05, 0.1) is 14.2 Å². The quantitative estimate of drug-likeness (QED) is 0.856. The van der Waals surface area contributed by atoms with Gasteiger partial charge in [-0.3, -0.25) is 0 Å². The Morgan fingerprint density at radius 2 is 1.45 bits per heavy atom. The van der Waals surface area contributed by atoms with Crippen molar-refractivity contribution < 1.29 is 9.47 Å². The third-order valence-corrected chi connectivity index (χ3v) is 2.87. The van der Waals surface area contributed by atoms with Crippen LogP contribution in [0.2, 0.25) is 0 Å². The van der Waals surface area contributed by atoms with Crippen LogP contribution in [0.15, 0.2) is 48.5 Å². The Labute approximate surface area is 121 Å². The summed E-state index contributed by atoms with van der Waals surface area (Å²) >= 11 is 0. The molecule has 108 valence electrons. The van der Waals surface area contributed by atoms with Gasteiger partial charge in [0.25, 0.3) is 0 Å². The van der Waals surface area contributed by atoms with Gasteiger partial charge in [-0.1, -0.05) is 38.1 Å². The van der Waals surface area contributed by atoms with Crippen LogP contribution in [0, 0.1) is 0 Å². The SMILES string of the molecule is COc1ccc(C(C)C)cc1OC.Nc1ccccc1. The fraction of sp³-hybridized carbons (Fsp3) is 0.294. The van der Waals surface area contributed by atoms with Crippen LogP contribution in [-0.2, 0) is 0 Å². The van der Waals surface area contributed by atoms with E-state index in [-0.39, 0.29) is 0 Å². The monoisotopic (exact) mass is 273 g/mol. The maximum atomic E-state index is 5.36. The molecule has 0 amide bonds. The number of anilines is 1. The lowest BCUT2D eigenvalue weighted by atomic mass is 10.0. The second-order valence-electron chi connectivity index (χ2n) is 4.68. The van der Waals surface area contributed by atoms with Gasteiger partial charge in [-0.15, -0.1) is 0 Å². The van der Waals surface area contributed by atoms with Crippen LogP contribution in [0.5, 0.6) is 11.5 Å². The van der Waals surface area contributed by atoms with E-state index in [1.807, 2.05) is 42.5 Å². The maximum Gasteiger partial charge on any atom is 0.160 e. The Balaban J connectivity index is 0.000000240. The molecule has 20 heavy (non-hydrogen) atoms. The maximum absolute atomic E-state index is 5.36. The number of rotatable bonds is 3. The summed E-state index contributed by atoms with van der Waals surface area (Å²) in [5.41, 5.74) is 7.44. The van der Waals surface area contributed by atoms with E-state index in [2.05, 4.69) is 19.9 Å². The molecule has 0 saturated carbocycles. The number of hydrogen-bond acceptors (Lipinski definition) is 3. The molecule has 0 saturated heterocycles. The van der Waals surface area contributed by atoms with Gasteiger partial charge in [0, 0.05) is 5.69 Å². The number of benzene rings is 2. The molecule has 0 atom stereocenters. The van der Waals surface area contributed by atoms with Gasteiger partial charge in [-0.25, -0.2) is 0 Å². The first-order valence-corrected chi connectivity index (χ1v) is 6.61. The molecule has 2 aromatic rings. The Bertz CT molecular complexity index is 510. The second kappa shape index (κ2) is 8.10. The van der Waals surface area contributed by atoms with Crippen molar-refractivity contribution in [1.29, 1.82) is 0 Å². The van der Waals surface area contributed by atoms with Crippen LogP contribution in [0.4, 0.5) is 5.69 Å². The van der Waals surface area contributed by atoms with Crippen LogP contribution in [0.3, 0.4) is 0 Å². The Kier molecular flexibility index (Phi) is 6.44. The van der Waals surface area contributed by atoms with Crippen molar-refractivity contribution in [2.75, 3.05) is 20.0 Å². The summed E-state index contributed by atoms with van der Waals surface area (Å²) in [6.07, 6.45) is 0. The fourth-order valence-electron chi connectivity index (χ4n) is 1.66. The standard InChI is InChI=1S/C11H16O2.C6H7N/c1-8(2)9-5-6-10(12-3)11(7-9)13-4;7-6-4-2-1-3-5-6/h5-8H,1-4H3;1-5H,7H2. The molecule has 0 aliphatic carbocycles. The third kappa shape index (κ3) is 4.84. The first kappa shape index (κ1) is 15.9. The zero-order valence-corrected chi connectivity index (χ0v) is 12.6. The first-order chi connectivity index (χ1) is 9.58. The van der Waals surface area contributed by atoms with E-state index >= 15 is 0 Å². The molecule has 2 rings (SSSR count). The minimum absolute atomic E-state index is 0.514. The van der Waals surface area contributed by atoms with E-state index in [9.17, 15) is 0 Å². The van der Waals surface area contributed by atoms with E-state index in [0.717, 1.165) is 17.2 Å². The average Bonchev–Trinajstić information content (AvgIpc) is 2.47. The molecule has 0 radical (unpaired) electrons. The van der Waals surface area contributed by atoms with E-state index < -0.39 is 0 Å². The molecule has 0 spiro atoms. The molecule has 3 heteroatoms. The highest BCUT2D eigenvalue weighted by atomic mass is 16.5.